The number of carbonyl (C=O) groups excluding carboxylic acids is 1. The van der Waals surface area contributed by atoms with Gasteiger partial charge in [-0.05, 0) is 11.8 Å². The van der Waals surface area contributed by atoms with Gasteiger partial charge in [0.2, 0.25) is 5.91 Å². The van der Waals surface area contributed by atoms with Gasteiger partial charge in [-0.15, -0.1) is 11.6 Å². The Kier molecular flexibility index (Phi) is 2.67. The van der Waals surface area contributed by atoms with E-state index in [1.807, 2.05) is 0 Å². The van der Waals surface area contributed by atoms with Crippen LogP contribution in [0.4, 0.5) is 0 Å². The van der Waals surface area contributed by atoms with Crippen LogP contribution in [0.25, 0.3) is 0 Å². The molecule has 0 unspecified atom stereocenters. The average Bonchev–Trinajstić information content (AvgIpc) is 2.32. The summed E-state index contributed by atoms with van der Waals surface area (Å²) >= 11 is 6.21. The van der Waals surface area contributed by atoms with E-state index in [1.165, 1.54) is 0 Å². The fourth-order valence-corrected chi connectivity index (χ4v) is 1.65. The fourth-order valence-electron chi connectivity index (χ4n) is 1.46. The van der Waals surface area contributed by atoms with E-state index in [0.717, 1.165) is 6.42 Å². The fraction of sp³-hybridized carbons (Fsp3) is 0.889. The summed E-state index contributed by atoms with van der Waals surface area (Å²) in [6.07, 6.45) is 1.51. The molecular weight excluding hydrogens is 174 g/mol. The molecule has 1 fully saturated rings. The van der Waals surface area contributed by atoms with Crippen LogP contribution >= 0.6 is 11.6 Å². The molecule has 1 aliphatic heterocycles. The summed E-state index contributed by atoms with van der Waals surface area (Å²) in [6.45, 7) is 6.28. The Morgan fingerprint density at radius 3 is 2.50 bits per heavy atom. The molecule has 70 valence electrons. The molecule has 12 heavy (non-hydrogen) atoms. The van der Waals surface area contributed by atoms with Crippen molar-refractivity contribution in [1.82, 2.24) is 5.32 Å². The molecule has 3 heteroatoms. The number of alkyl halides is 1. The Morgan fingerprint density at radius 1 is 1.58 bits per heavy atom. The van der Waals surface area contributed by atoms with Crippen LogP contribution in [0, 0.1) is 5.41 Å². The van der Waals surface area contributed by atoms with Crippen LogP contribution < -0.4 is 5.32 Å². The summed E-state index contributed by atoms with van der Waals surface area (Å²) in [4.78, 5) is 10.9. The van der Waals surface area contributed by atoms with E-state index >= 15 is 0 Å². The topological polar surface area (TPSA) is 29.1 Å². The van der Waals surface area contributed by atoms with Crippen LogP contribution in [0.1, 0.15) is 33.6 Å². The van der Waals surface area contributed by atoms with Gasteiger partial charge in [-0.1, -0.05) is 20.8 Å². The van der Waals surface area contributed by atoms with Gasteiger partial charge in [-0.2, -0.15) is 0 Å². The molecule has 1 saturated heterocycles. The van der Waals surface area contributed by atoms with Crippen molar-refractivity contribution in [1.29, 1.82) is 0 Å². The predicted octanol–water partition coefficient (Wildman–Crippen LogP) is 1.92. The summed E-state index contributed by atoms with van der Waals surface area (Å²) in [6, 6.07) is 0.166. The number of hydrogen-bond donors (Lipinski definition) is 1. The summed E-state index contributed by atoms with van der Waals surface area (Å²) in [5, 5.41) is 2.92. The van der Waals surface area contributed by atoms with Crippen LogP contribution in [-0.2, 0) is 4.79 Å². The first-order valence-electron chi connectivity index (χ1n) is 4.34. The lowest BCUT2D eigenvalue weighted by Crippen LogP contribution is -2.40. The summed E-state index contributed by atoms with van der Waals surface area (Å²) in [5.41, 5.74) is 0.0594. The molecule has 2 nitrogen and oxygen atoms in total. The molecule has 1 amide bonds. The molecule has 0 bridgehead atoms. The molecule has 0 saturated carbocycles. The molecule has 1 aliphatic rings. The van der Waals surface area contributed by atoms with Crippen molar-refractivity contribution < 1.29 is 4.79 Å². The lowest BCUT2D eigenvalue weighted by molar-refractivity contribution is -0.119. The van der Waals surface area contributed by atoms with Gasteiger partial charge in [0, 0.05) is 12.5 Å². The van der Waals surface area contributed by atoms with Gasteiger partial charge >= 0.3 is 0 Å². The molecule has 0 radical (unpaired) electrons. The van der Waals surface area contributed by atoms with Crippen molar-refractivity contribution in [2.24, 2.45) is 5.41 Å². The molecule has 0 spiro atoms. The Hall–Kier alpha value is -0.240. The van der Waals surface area contributed by atoms with Crippen LogP contribution in [-0.4, -0.2) is 17.3 Å². The van der Waals surface area contributed by atoms with Gasteiger partial charge < -0.3 is 5.32 Å². The quantitative estimate of drug-likeness (QED) is 0.628. The smallest absolute Gasteiger partial charge is 0.220 e. The van der Waals surface area contributed by atoms with Crippen LogP contribution in [0.5, 0.6) is 0 Å². The molecule has 1 N–H and O–H groups in total. The van der Waals surface area contributed by atoms with E-state index in [2.05, 4.69) is 26.1 Å². The van der Waals surface area contributed by atoms with Crippen LogP contribution in [0.3, 0.4) is 0 Å². The zero-order chi connectivity index (χ0) is 9.35. The Labute approximate surface area is 78.7 Å². The van der Waals surface area contributed by atoms with Gasteiger partial charge in [-0.25, -0.2) is 0 Å². The molecular formula is C9H16ClNO. The van der Waals surface area contributed by atoms with E-state index in [-0.39, 0.29) is 22.7 Å². The third kappa shape index (κ3) is 2.13. The first-order chi connectivity index (χ1) is 5.41. The predicted molar refractivity (Wildman–Crippen MR) is 50.3 cm³/mol. The number of halogens is 1. The van der Waals surface area contributed by atoms with E-state index < -0.39 is 0 Å². The number of amides is 1. The number of carbonyl (C=O) groups is 1. The third-order valence-electron chi connectivity index (χ3n) is 2.21. The van der Waals surface area contributed by atoms with E-state index in [9.17, 15) is 4.79 Å². The summed E-state index contributed by atoms with van der Waals surface area (Å²) in [7, 11) is 0. The lowest BCUT2D eigenvalue weighted by atomic mass is 9.87. The Bertz CT molecular complexity index is 185. The minimum atomic E-state index is 0.0314. The first-order valence-corrected chi connectivity index (χ1v) is 4.78. The highest BCUT2D eigenvalue weighted by Crippen LogP contribution is 2.30. The second-order valence-corrected chi connectivity index (χ2v) is 4.95. The van der Waals surface area contributed by atoms with Gasteiger partial charge in [0.1, 0.15) is 0 Å². The van der Waals surface area contributed by atoms with Gasteiger partial charge in [0.05, 0.1) is 5.38 Å². The monoisotopic (exact) mass is 189 g/mol. The maximum absolute atomic E-state index is 10.9. The standard InChI is InChI=1S/C9H16ClNO/c1-9(2,3)8(10)6-4-5-7(12)11-6/h6,8H,4-5H2,1-3H3,(H,11,12)/t6-,8-/m0/s1. The SMILES string of the molecule is CC(C)(C)[C@@H](Cl)[C@@H]1CCC(=O)N1. The van der Waals surface area contributed by atoms with Gasteiger partial charge in [0.25, 0.3) is 0 Å². The molecule has 0 aromatic carbocycles. The van der Waals surface area contributed by atoms with Crippen molar-refractivity contribution >= 4 is 17.5 Å². The molecule has 2 atom stereocenters. The second-order valence-electron chi connectivity index (χ2n) is 4.48. The van der Waals surface area contributed by atoms with Crippen LogP contribution in [0.2, 0.25) is 0 Å². The third-order valence-corrected chi connectivity index (χ3v) is 3.17. The average molecular weight is 190 g/mol. The molecule has 1 rings (SSSR count). The van der Waals surface area contributed by atoms with E-state index in [1.54, 1.807) is 0 Å². The molecule has 0 aromatic rings. The number of nitrogens with one attached hydrogen (secondary N) is 1. The largest absolute Gasteiger partial charge is 0.352 e. The van der Waals surface area contributed by atoms with Gasteiger partial charge in [0.15, 0.2) is 0 Å². The first kappa shape index (κ1) is 9.85. The molecule has 0 aromatic heterocycles. The minimum absolute atomic E-state index is 0.0314. The maximum Gasteiger partial charge on any atom is 0.220 e. The summed E-state index contributed by atoms with van der Waals surface area (Å²) in [5.74, 6) is 0.134. The maximum atomic E-state index is 10.9. The van der Waals surface area contributed by atoms with Crippen molar-refractivity contribution in [3.05, 3.63) is 0 Å². The van der Waals surface area contributed by atoms with Crippen LogP contribution in [0.15, 0.2) is 0 Å². The highest BCUT2D eigenvalue weighted by atomic mass is 35.5. The Morgan fingerprint density at radius 2 is 2.17 bits per heavy atom. The number of hydrogen-bond acceptors (Lipinski definition) is 1. The zero-order valence-electron chi connectivity index (χ0n) is 7.86. The van der Waals surface area contributed by atoms with Crippen molar-refractivity contribution in [2.45, 2.75) is 45.0 Å². The van der Waals surface area contributed by atoms with E-state index in [4.69, 9.17) is 11.6 Å². The lowest BCUT2D eigenvalue weighted by Gasteiger charge is -2.29. The number of rotatable bonds is 1. The highest BCUT2D eigenvalue weighted by molar-refractivity contribution is 6.21. The molecule has 0 aliphatic carbocycles. The normalized spacial score (nSPS) is 27.0. The molecule has 1 heterocycles. The highest BCUT2D eigenvalue weighted by Gasteiger charge is 2.34. The van der Waals surface area contributed by atoms with Gasteiger partial charge in [-0.3, -0.25) is 4.79 Å². The Balaban J connectivity index is 2.54. The van der Waals surface area contributed by atoms with Crippen molar-refractivity contribution in [3.8, 4) is 0 Å². The van der Waals surface area contributed by atoms with Crippen molar-refractivity contribution in [2.75, 3.05) is 0 Å². The second kappa shape index (κ2) is 3.25. The van der Waals surface area contributed by atoms with Crippen molar-refractivity contribution in [3.63, 3.8) is 0 Å². The summed E-state index contributed by atoms with van der Waals surface area (Å²) < 4.78 is 0. The minimum Gasteiger partial charge on any atom is -0.352 e. The zero-order valence-corrected chi connectivity index (χ0v) is 8.61. The van der Waals surface area contributed by atoms with E-state index in [0.29, 0.717) is 6.42 Å².